The average molecular weight is 460 g/mol. The SMILES string of the molecule is CC(N)=[N+]1CCC(Oc2ccc([C@@H](Cc3ccc4ccc(C(=N)N)cc4c3)C(=O)O)cc2)CC1. The predicted molar refractivity (Wildman–Crippen MR) is 134 cm³/mol. The van der Waals surface area contributed by atoms with Crippen LogP contribution in [0.1, 0.15) is 42.4 Å². The van der Waals surface area contributed by atoms with Crippen LogP contribution in [-0.2, 0) is 11.2 Å². The molecule has 0 amide bonds. The van der Waals surface area contributed by atoms with Crippen molar-refractivity contribution in [2.45, 2.75) is 38.2 Å². The minimum absolute atomic E-state index is 0.0106. The van der Waals surface area contributed by atoms with Crippen LogP contribution in [-0.4, -0.2) is 46.5 Å². The third-order valence-corrected chi connectivity index (χ3v) is 6.48. The zero-order chi connectivity index (χ0) is 24.2. The van der Waals surface area contributed by atoms with Crippen molar-refractivity contribution in [2.24, 2.45) is 11.5 Å². The second kappa shape index (κ2) is 9.95. The summed E-state index contributed by atoms with van der Waals surface area (Å²) in [7, 11) is 0. The summed E-state index contributed by atoms with van der Waals surface area (Å²) in [5, 5.41) is 19.5. The third kappa shape index (κ3) is 5.36. The molecule has 6 N–H and O–H groups in total. The summed E-state index contributed by atoms with van der Waals surface area (Å²) in [5.41, 5.74) is 13.8. The molecular formula is C27H31N4O3+. The van der Waals surface area contributed by atoms with Gasteiger partial charge in [-0.15, -0.1) is 0 Å². The molecule has 7 heteroatoms. The Kier molecular flexibility index (Phi) is 6.82. The topological polar surface area (TPSA) is 125 Å². The highest BCUT2D eigenvalue weighted by atomic mass is 16.5. The number of carboxylic acids is 1. The zero-order valence-corrected chi connectivity index (χ0v) is 19.3. The summed E-state index contributed by atoms with van der Waals surface area (Å²) in [4.78, 5) is 12.1. The van der Waals surface area contributed by atoms with Gasteiger partial charge in [0.1, 0.15) is 17.7 Å². The number of ether oxygens (including phenoxy) is 1. The molecule has 3 aromatic carbocycles. The molecule has 1 aliphatic heterocycles. The van der Waals surface area contributed by atoms with Crippen LogP contribution in [0.25, 0.3) is 10.8 Å². The van der Waals surface area contributed by atoms with E-state index in [9.17, 15) is 9.90 Å². The second-order valence-electron chi connectivity index (χ2n) is 8.92. The van der Waals surface area contributed by atoms with Crippen LogP contribution in [0.15, 0.2) is 60.7 Å². The van der Waals surface area contributed by atoms with Gasteiger partial charge < -0.3 is 15.6 Å². The number of amidine groups is 2. The van der Waals surface area contributed by atoms with Crippen molar-refractivity contribution in [3.05, 3.63) is 77.4 Å². The zero-order valence-electron chi connectivity index (χ0n) is 19.3. The van der Waals surface area contributed by atoms with E-state index in [0.29, 0.717) is 12.0 Å². The molecule has 1 saturated heterocycles. The fraction of sp³-hybridized carbons (Fsp3) is 0.296. The lowest BCUT2D eigenvalue weighted by Crippen LogP contribution is -2.37. The monoisotopic (exact) mass is 459 g/mol. The van der Waals surface area contributed by atoms with E-state index in [1.54, 1.807) is 0 Å². The molecule has 0 bridgehead atoms. The number of nitrogens with two attached hydrogens (primary N) is 2. The molecule has 34 heavy (non-hydrogen) atoms. The summed E-state index contributed by atoms with van der Waals surface area (Å²) < 4.78 is 8.28. The number of nitrogens with zero attached hydrogens (tertiary/aromatic N) is 1. The van der Waals surface area contributed by atoms with Gasteiger partial charge in [0.25, 0.3) is 0 Å². The van der Waals surface area contributed by atoms with Crippen LogP contribution in [0.3, 0.4) is 0 Å². The molecule has 0 aromatic heterocycles. The fourth-order valence-electron chi connectivity index (χ4n) is 4.47. The second-order valence-corrected chi connectivity index (χ2v) is 8.92. The Morgan fingerprint density at radius 2 is 1.74 bits per heavy atom. The molecule has 1 atom stereocenters. The Hall–Kier alpha value is -3.87. The molecular weight excluding hydrogens is 428 g/mol. The number of piperidine rings is 1. The van der Waals surface area contributed by atoms with Gasteiger partial charge in [-0.1, -0.05) is 42.5 Å². The number of hydrogen-bond acceptors (Lipinski definition) is 3. The maximum Gasteiger partial charge on any atom is 0.311 e. The number of carbonyl (C=O) groups is 1. The van der Waals surface area contributed by atoms with Crippen molar-refractivity contribution >= 4 is 28.4 Å². The van der Waals surface area contributed by atoms with E-state index in [4.69, 9.17) is 21.6 Å². The lowest BCUT2D eigenvalue weighted by atomic mass is 9.91. The van der Waals surface area contributed by atoms with Crippen LogP contribution in [0.4, 0.5) is 0 Å². The van der Waals surface area contributed by atoms with Gasteiger partial charge in [0.15, 0.2) is 0 Å². The molecule has 4 rings (SSSR count). The first kappa shape index (κ1) is 23.3. The van der Waals surface area contributed by atoms with Gasteiger partial charge in [-0.2, -0.15) is 0 Å². The lowest BCUT2D eigenvalue weighted by Gasteiger charge is -2.24. The molecule has 7 nitrogen and oxygen atoms in total. The maximum atomic E-state index is 12.1. The van der Waals surface area contributed by atoms with Crippen LogP contribution in [0, 0.1) is 5.41 Å². The van der Waals surface area contributed by atoms with Crippen LogP contribution in [0.5, 0.6) is 5.75 Å². The van der Waals surface area contributed by atoms with Crippen molar-refractivity contribution in [1.29, 1.82) is 5.41 Å². The van der Waals surface area contributed by atoms with Gasteiger partial charge in [0.05, 0.1) is 19.0 Å². The maximum absolute atomic E-state index is 12.1. The summed E-state index contributed by atoms with van der Waals surface area (Å²) in [5.74, 6) is 0.0627. The molecule has 0 spiro atoms. The summed E-state index contributed by atoms with van der Waals surface area (Å²) in [6.07, 6.45) is 2.31. The third-order valence-electron chi connectivity index (χ3n) is 6.48. The number of benzene rings is 3. The molecule has 0 saturated carbocycles. The lowest BCUT2D eigenvalue weighted by molar-refractivity contribution is -0.542. The Labute approximate surface area is 199 Å². The standard InChI is InChI=1S/C27H30N4O3/c1-17(28)31-12-10-24(11-13-31)34-23-8-6-20(7-9-23)25(27(32)33)15-18-2-3-19-4-5-21(26(29)30)16-22(19)14-18/h2-9,14,16,24-25,28H,10-13,15H2,1H3,(H4,29,30,32,33)/p+1/t25-/m1/s1. The molecule has 1 fully saturated rings. The van der Waals surface area contributed by atoms with Crippen molar-refractivity contribution in [1.82, 2.24) is 0 Å². The average Bonchev–Trinajstić information content (AvgIpc) is 2.83. The number of nitrogen functional groups attached to an aromatic ring is 1. The van der Waals surface area contributed by atoms with Gasteiger partial charge in [-0.05, 0) is 46.5 Å². The van der Waals surface area contributed by atoms with Crippen LogP contribution in [0.2, 0.25) is 0 Å². The molecule has 3 aromatic rings. The molecule has 1 aliphatic rings. The summed E-state index contributed by atoms with van der Waals surface area (Å²) in [6, 6.07) is 18.9. The van der Waals surface area contributed by atoms with Crippen molar-refractivity contribution in [3.8, 4) is 5.75 Å². The first-order valence-corrected chi connectivity index (χ1v) is 11.5. The van der Waals surface area contributed by atoms with Gasteiger partial charge >= 0.3 is 5.97 Å². The molecule has 1 heterocycles. The number of rotatable bonds is 7. The largest absolute Gasteiger partial charge is 0.490 e. The van der Waals surface area contributed by atoms with Crippen molar-refractivity contribution in [3.63, 3.8) is 0 Å². The fourth-order valence-corrected chi connectivity index (χ4v) is 4.47. The summed E-state index contributed by atoms with van der Waals surface area (Å²) >= 11 is 0. The van der Waals surface area contributed by atoms with E-state index >= 15 is 0 Å². The van der Waals surface area contributed by atoms with Crippen LogP contribution < -0.4 is 16.2 Å². The highest BCUT2D eigenvalue weighted by molar-refractivity contribution is 5.99. The Balaban J connectivity index is 1.47. The van der Waals surface area contributed by atoms with Gasteiger partial charge in [-0.25, -0.2) is 0 Å². The Morgan fingerprint density at radius 3 is 2.35 bits per heavy atom. The Bertz CT molecular complexity index is 1240. The Morgan fingerprint density at radius 1 is 1.06 bits per heavy atom. The van der Waals surface area contributed by atoms with Gasteiger partial charge in [-0.3, -0.25) is 20.5 Å². The smallest absolute Gasteiger partial charge is 0.311 e. The number of aliphatic carboxylic acids is 1. The normalized spacial score (nSPS) is 16.7. The molecule has 0 radical (unpaired) electrons. The molecule has 176 valence electrons. The van der Waals surface area contributed by atoms with E-state index < -0.39 is 11.9 Å². The quantitative estimate of drug-likeness (QED) is 0.245. The minimum atomic E-state index is -0.868. The highest BCUT2D eigenvalue weighted by Gasteiger charge is 2.23. The van der Waals surface area contributed by atoms with E-state index in [1.807, 2.05) is 67.6 Å². The summed E-state index contributed by atoms with van der Waals surface area (Å²) in [6.45, 7) is 3.68. The van der Waals surface area contributed by atoms with Gasteiger partial charge in [0, 0.05) is 25.3 Å². The number of hydrogen-bond donors (Lipinski definition) is 4. The number of nitrogens with one attached hydrogen (secondary N) is 1. The minimum Gasteiger partial charge on any atom is -0.490 e. The van der Waals surface area contributed by atoms with Crippen molar-refractivity contribution in [2.75, 3.05) is 13.1 Å². The number of fused-ring (bicyclic) bond motifs is 1. The van der Waals surface area contributed by atoms with E-state index in [-0.39, 0.29) is 11.9 Å². The molecule has 0 aliphatic carbocycles. The van der Waals surface area contributed by atoms with E-state index in [1.165, 1.54) is 0 Å². The first-order valence-electron chi connectivity index (χ1n) is 11.5. The van der Waals surface area contributed by atoms with E-state index in [2.05, 4.69) is 4.58 Å². The van der Waals surface area contributed by atoms with E-state index in [0.717, 1.165) is 59.4 Å². The number of carboxylic acid groups (broad SMARTS) is 1. The molecule has 0 unspecified atom stereocenters. The van der Waals surface area contributed by atoms with Crippen LogP contribution >= 0.6 is 0 Å². The highest BCUT2D eigenvalue weighted by Crippen LogP contribution is 2.27. The predicted octanol–water partition coefficient (Wildman–Crippen LogP) is 3.47. The van der Waals surface area contributed by atoms with Gasteiger partial charge in [0.2, 0.25) is 5.84 Å². The first-order chi connectivity index (χ1) is 16.3. The van der Waals surface area contributed by atoms with Crippen molar-refractivity contribution < 1.29 is 19.2 Å².